The Balaban J connectivity index is 1.41. The molecular formula is C26H25ClF3N5O5. The zero-order chi connectivity index (χ0) is 29.1. The summed E-state index contributed by atoms with van der Waals surface area (Å²) >= 11 is 5.88. The number of anilines is 2. The molecule has 3 atom stereocenters. The number of nitrogens with one attached hydrogen (secondary N) is 1. The van der Waals surface area contributed by atoms with E-state index < -0.39 is 24.2 Å². The number of esters is 1. The number of alkyl halides is 3. The van der Waals surface area contributed by atoms with Gasteiger partial charge in [0.25, 0.3) is 5.56 Å². The van der Waals surface area contributed by atoms with Crippen molar-refractivity contribution in [1.82, 2.24) is 14.5 Å². The third kappa shape index (κ3) is 5.05. The molecule has 40 heavy (non-hydrogen) atoms. The first-order chi connectivity index (χ1) is 18.8. The van der Waals surface area contributed by atoms with Crippen LogP contribution < -0.4 is 15.8 Å². The summed E-state index contributed by atoms with van der Waals surface area (Å²) in [5.41, 5.74) is 1.66. The van der Waals surface area contributed by atoms with Crippen LogP contribution in [0.4, 0.5) is 24.8 Å². The number of rotatable bonds is 7. The van der Waals surface area contributed by atoms with Gasteiger partial charge in [-0.2, -0.15) is 13.2 Å². The predicted octanol–water partition coefficient (Wildman–Crippen LogP) is 3.95. The molecule has 2 aromatic heterocycles. The SMILES string of the molecule is Cc1cc(C(C)Nc2ccc(Cl)nc2C(=O)O)c2nc(N3CC4C(COC(=O)C(F)(F)F)C4C3)n(C)c(=O)c2c1. The molecule has 2 aliphatic rings. The number of hydrogen-bond donors (Lipinski definition) is 2. The molecule has 0 bridgehead atoms. The van der Waals surface area contributed by atoms with Gasteiger partial charge in [0.1, 0.15) is 5.15 Å². The number of carboxylic acids is 1. The minimum absolute atomic E-state index is 0.0264. The van der Waals surface area contributed by atoms with Gasteiger partial charge in [-0.3, -0.25) is 9.36 Å². The average molecular weight is 580 g/mol. The number of piperidine rings is 1. The molecule has 1 saturated carbocycles. The maximum absolute atomic E-state index is 13.4. The second-order valence-corrected chi connectivity index (χ2v) is 10.6. The molecule has 14 heteroatoms. The fraction of sp³-hybridized carbons (Fsp3) is 0.423. The van der Waals surface area contributed by atoms with Crippen molar-refractivity contribution in [3.63, 3.8) is 0 Å². The second-order valence-electron chi connectivity index (χ2n) is 10.2. The summed E-state index contributed by atoms with van der Waals surface area (Å²) in [5.74, 6) is -3.15. The third-order valence-corrected chi connectivity index (χ3v) is 7.74. The highest BCUT2D eigenvalue weighted by atomic mass is 35.5. The maximum atomic E-state index is 13.4. The lowest BCUT2D eigenvalue weighted by molar-refractivity contribution is -0.200. The molecule has 2 N–H and O–H groups in total. The number of benzene rings is 1. The van der Waals surface area contributed by atoms with Crippen molar-refractivity contribution in [2.24, 2.45) is 24.8 Å². The van der Waals surface area contributed by atoms with Crippen molar-refractivity contribution in [1.29, 1.82) is 0 Å². The molecular weight excluding hydrogens is 555 g/mol. The highest BCUT2D eigenvalue weighted by molar-refractivity contribution is 6.29. The van der Waals surface area contributed by atoms with Crippen molar-refractivity contribution in [3.8, 4) is 0 Å². The van der Waals surface area contributed by atoms with E-state index in [1.807, 2.05) is 24.8 Å². The van der Waals surface area contributed by atoms with Crippen LogP contribution in [0.5, 0.6) is 0 Å². The van der Waals surface area contributed by atoms with E-state index in [0.717, 1.165) is 5.56 Å². The summed E-state index contributed by atoms with van der Waals surface area (Å²) in [6, 6.07) is 6.12. The standard InChI is InChI=1S/C26H25ClF3N5O5/c1-11-6-13(12(2)31-18-4-5-19(27)32-21(18)23(37)38)20-14(7-11)22(36)34(3)25(33-20)35-8-15-16(9-35)17(15)10-40-24(39)26(28,29)30/h4-7,12,15-17,31H,8-10H2,1-3H3,(H,37,38). The summed E-state index contributed by atoms with van der Waals surface area (Å²) < 4.78 is 43.2. The number of carbonyl (C=O) groups excluding carboxylic acids is 1. The van der Waals surface area contributed by atoms with Crippen LogP contribution >= 0.6 is 11.6 Å². The molecule has 2 fully saturated rings. The van der Waals surface area contributed by atoms with Crippen LogP contribution in [0, 0.1) is 24.7 Å². The molecule has 10 nitrogen and oxygen atoms in total. The van der Waals surface area contributed by atoms with Gasteiger partial charge in [-0.15, -0.1) is 0 Å². The smallest absolute Gasteiger partial charge is 0.476 e. The summed E-state index contributed by atoms with van der Waals surface area (Å²) in [7, 11) is 1.61. The molecule has 3 unspecified atom stereocenters. The van der Waals surface area contributed by atoms with Gasteiger partial charge >= 0.3 is 18.1 Å². The maximum Gasteiger partial charge on any atom is 0.490 e. The van der Waals surface area contributed by atoms with Gasteiger partial charge in [0.2, 0.25) is 5.95 Å². The predicted molar refractivity (Wildman–Crippen MR) is 140 cm³/mol. The summed E-state index contributed by atoms with van der Waals surface area (Å²) in [6.07, 6.45) is -5.02. The summed E-state index contributed by atoms with van der Waals surface area (Å²) in [5, 5.41) is 13.1. The largest absolute Gasteiger partial charge is 0.490 e. The highest BCUT2D eigenvalue weighted by Gasteiger charge is 2.57. The molecule has 3 aromatic rings. The molecule has 1 aliphatic carbocycles. The van der Waals surface area contributed by atoms with Crippen LogP contribution in [0.3, 0.4) is 0 Å². The number of hydrogen-bond acceptors (Lipinski definition) is 8. The second kappa shape index (κ2) is 9.95. The van der Waals surface area contributed by atoms with Gasteiger partial charge in [0, 0.05) is 31.6 Å². The topological polar surface area (TPSA) is 127 Å². The van der Waals surface area contributed by atoms with Gasteiger partial charge in [-0.25, -0.2) is 19.6 Å². The zero-order valence-corrected chi connectivity index (χ0v) is 22.4. The zero-order valence-electron chi connectivity index (χ0n) is 21.6. The Morgan fingerprint density at radius 3 is 2.52 bits per heavy atom. The molecule has 1 aliphatic heterocycles. The first kappa shape index (κ1) is 27.7. The first-order valence-electron chi connectivity index (χ1n) is 12.4. The molecule has 0 spiro atoms. The lowest BCUT2D eigenvalue weighted by Crippen LogP contribution is -2.33. The summed E-state index contributed by atoms with van der Waals surface area (Å²) in [6.45, 7) is 4.27. The highest BCUT2D eigenvalue weighted by Crippen LogP contribution is 2.52. The van der Waals surface area contributed by atoms with Crippen molar-refractivity contribution in [2.45, 2.75) is 26.1 Å². The van der Waals surface area contributed by atoms with Crippen molar-refractivity contribution >= 4 is 46.1 Å². The Bertz CT molecular complexity index is 1580. The Labute approximate surface area is 230 Å². The van der Waals surface area contributed by atoms with Gasteiger partial charge in [0.15, 0.2) is 5.69 Å². The number of aromatic carboxylic acids is 1. The Morgan fingerprint density at radius 1 is 1.23 bits per heavy atom. The van der Waals surface area contributed by atoms with Crippen molar-refractivity contribution in [3.05, 3.63) is 56.6 Å². The number of aryl methyl sites for hydroxylation is 1. The fourth-order valence-electron chi connectivity index (χ4n) is 5.49. The fourth-order valence-corrected chi connectivity index (χ4v) is 5.64. The van der Waals surface area contributed by atoms with E-state index in [0.29, 0.717) is 35.5 Å². The number of carbonyl (C=O) groups is 2. The van der Waals surface area contributed by atoms with Crippen LogP contribution in [0.25, 0.3) is 10.9 Å². The Kier molecular flexibility index (Phi) is 6.89. The van der Waals surface area contributed by atoms with E-state index in [2.05, 4.69) is 15.0 Å². The molecule has 1 saturated heterocycles. The number of halogens is 4. The molecule has 1 aromatic carbocycles. The van der Waals surface area contributed by atoms with Crippen molar-refractivity contribution in [2.75, 3.05) is 29.9 Å². The molecule has 5 rings (SSSR count). The molecule has 212 valence electrons. The number of carboxylic acid groups (broad SMARTS) is 1. The van der Waals surface area contributed by atoms with Crippen LogP contribution in [0.15, 0.2) is 29.1 Å². The van der Waals surface area contributed by atoms with E-state index in [1.165, 1.54) is 16.7 Å². The number of aromatic nitrogens is 3. The van der Waals surface area contributed by atoms with Gasteiger partial charge in [0.05, 0.1) is 29.2 Å². The normalized spacial score (nSPS) is 20.8. The van der Waals surface area contributed by atoms with E-state index in [4.69, 9.17) is 16.6 Å². The van der Waals surface area contributed by atoms with E-state index >= 15 is 0 Å². The number of fused-ring (bicyclic) bond motifs is 2. The quantitative estimate of drug-likeness (QED) is 0.316. The van der Waals surface area contributed by atoms with E-state index in [1.54, 1.807) is 13.1 Å². The Morgan fingerprint density at radius 2 is 1.90 bits per heavy atom. The van der Waals surface area contributed by atoms with Gasteiger partial charge in [-0.05, 0) is 49.4 Å². The molecule has 0 radical (unpaired) electrons. The van der Waals surface area contributed by atoms with Crippen LogP contribution in [-0.4, -0.2) is 57.5 Å². The minimum Gasteiger partial charge on any atom is -0.476 e. The average Bonchev–Trinajstić information content (AvgIpc) is 3.32. The first-order valence-corrected chi connectivity index (χ1v) is 12.8. The molecule has 0 amide bonds. The number of nitrogens with zero attached hydrogens (tertiary/aromatic N) is 4. The van der Waals surface area contributed by atoms with E-state index in [-0.39, 0.29) is 46.5 Å². The lowest BCUT2D eigenvalue weighted by Gasteiger charge is -2.25. The molecule has 3 heterocycles. The van der Waals surface area contributed by atoms with Crippen molar-refractivity contribution < 1.29 is 32.6 Å². The van der Waals surface area contributed by atoms with Crippen LogP contribution in [0.2, 0.25) is 5.15 Å². The monoisotopic (exact) mass is 579 g/mol. The van der Waals surface area contributed by atoms with Gasteiger partial charge < -0.3 is 20.1 Å². The Hall–Kier alpha value is -3.87. The number of pyridine rings is 1. The minimum atomic E-state index is -5.02. The lowest BCUT2D eigenvalue weighted by atomic mass is 10.0. The van der Waals surface area contributed by atoms with Gasteiger partial charge in [-0.1, -0.05) is 17.7 Å². The third-order valence-electron chi connectivity index (χ3n) is 7.53. The number of ether oxygens (including phenoxy) is 1. The van der Waals surface area contributed by atoms with Crippen LogP contribution in [-0.2, 0) is 16.6 Å². The summed E-state index contributed by atoms with van der Waals surface area (Å²) in [4.78, 5) is 46.8. The van der Waals surface area contributed by atoms with E-state index in [9.17, 15) is 32.7 Å². The van der Waals surface area contributed by atoms with Crippen LogP contribution in [0.1, 0.15) is 34.6 Å².